The van der Waals surface area contributed by atoms with E-state index in [1.807, 2.05) is 23.6 Å². The first-order chi connectivity index (χ1) is 9.87. The predicted molar refractivity (Wildman–Crippen MR) is 94.7 cm³/mol. The molecule has 0 radical (unpaired) electrons. The Morgan fingerprint density at radius 1 is 1.33 bits per heavy atom. The summed E-state index contributed by atoms with van der Waals surface area (Å²) in [7, 11) is -1.66. The number of aldehydes is 1. The first-order valence-electron chi connectivity index (χ1n) is 6.83. The molecule has 0 aliphatic rings. The van der Waals surface area contributed by atoms with E-state index in [9.17, 15) is 4.79 Å². The fraction of sp³-hybridized carbons (Fsp3) is 0.312. The molecule has 0 saturated heterocycles. The quantitative estimate of drug-likeness (QED) is 0.489. The Kier molecular flexibility index (Phi) is 5.54. The second-order valence-electron chi connectivity index (χ2n) is 5.95. The van der Waals surface area contributed by atoms with Crippen molar-refractivity contribution in [2.45, 2.75) is 32.2 Å². The van der Waals surface area contributed by atoms with Gasteiger partial charge in [-0.3, -0.25) is 4.79 Å². The first-order valence-corrected chi connectivity index (χ1v) is 11.9. The average Bonchev–Trinajstić information content (AvgIpc) is 2.84. The van der Waals surface area contributed by atoms with E-state index in [2.05, 4.69) is 47.7 Å². The lowest BCUT2D eigenvalue weighted by Crippen LogP contribution is -2.28. The topological polar surface area (TPSA) is 26.3 Å². The van der Waals surface area contributed by atoms with Crippen molar-refractivity contribution in [3.63, 3.8) is 0 Å². The lowest BCUT2D eigenvalue weighted by atomic mass is 10.0. The lowest BCUT2D eigenvalue weighted by Gasteiger charge is -2.27. The summed E-state index contributed by atoms with van der Waals surface area (Å²) in [5, 5.41) is 2.04. The van der Waals surface area contributed by atoms with Crippen LogP contribution >= 0.6 is 27.3 Å². The Labute approximate surface area is 139 Å². The molecular formula is C16H19BrO2SSi. The van der Waals surface area contributed by atoms with Crippen molar-refractivity contribution in [2.24, 2.45) is 0 Å². The van der Waals surface area contributed by atoms with E-state index < -0.39 is 8.32 Å². The number of hydrogen-bond acceptors (Lipinski definition) is 3. The summed E-state index contributed by atoms with van der Waals surface area (Å²) < 4.78 is 7.42. The molecule has 1 atom stereocenters. The largest absolute Gasteiger partial charge is 0.410 e. The van der Waals surface area contributed by atoms with Crippen molar-refractivity contribution in [2.75, 3.05) is 0 Å². The molecule has 21 heavy (non-hydrogen) atoms. The van der Waals surface area contributed by atoms with Crippen molar-refractivity contribution >= 4 is 41.9 Å². The van der Waals surface area contributed by atoms with Crippen LogP contribution in [0.1, 0.15) is 26.9 Å². The molecule has 112 valence electrons. The van der Waals surface area contributed by atoms with Gasteiger partial charge in [-0.05, 0) is 54.3 Å². The molecule has 0 fully saturated rings. The summed E-state index contributed by atoms with van der Waals surface area (Å²) in [4.78, 5) is 11.6. The average molecular weight is 383 g/mol. The van der Waals surface area contributed by atoms with Gasteiger partial charge in [-0.15, -0.1) is 11.3 Å². The van der Waals surface area contributed by atoms with E-state index in [4.69, 9.17) is 4.43 Å². The molecule has 0 spiro atoms. The number of benzene rings is 1. The van der Waals surface area contributed by atoms with Crippen LogP contribution < -0.4 is 0 Å². The standard InChI is InChI=1S/C16H19BrO2SSi/c1-21(2,3)19-16(13-5-4-6-14(17)9-13)8-12-7-15(10-18)20-11-12/h4-7,9-11,16H,8H2,1-3H3. The third-order valence-corrected chi connectivity index (χ3v) is 5.32. The minimum atomic E-state index is -1.66. The minimum Gasteiger partial charge on any atom is -0.410 e. The molecule has 1 aromatic heterocycles. The molecule has 0 saturated carbocycles. The molecule has 5 heteroatoms. The van der Waals surface area contributed by atoms with E-state index in [0.29, 0.717) is 0 Å². The number of carbonyl (C=O) groups is 1. The summed E-state index contributed by atoms with van der Waals surface area (Å²) >= 11 is 5.01. The van der Waals surface area contributed by atoms with Gasteiger partial charge in [0.1, 0.15) is 0 Å². The van der Waals surface area contributed by atoms with Crippen LogP contribution in [0.4, 0.5) is 0 Å². The highest BCUT2D eigenvalue weighted by Gasteiger charge is 2.23. The summed E-state index contributed by atoms with van der Waals surface area (Å²) in [6.07, 6.45) is 1.73. The molecule has 1 heterocycles. The normalized spacial score (nSPS) is 13.1. The number of hydrogen-bond donors (Lipinski definition) is 0. The van der Waals surface area contributed by atoms with Crippen LogP contribution in [0.15, 0.2) is 40.2 Å². The first kappa shape index (κ1) is 16.6. The van der Waals surface area contributed by atoms with Gasteiger partial charge in [-0.2, -0.15) is 0 Å². The van der Waals surface area contributed by atoms with E-state index in [1.165, 1.54) is 16.9 Å². The van der Waals surface area contributed by atoms with Gasteiger partial charge in [-0.1, -0.05) is 28.1 Å². The number of rotatable bonds is 6. The van der Waals surface area contributed by atoms with E-state index in [-0.39, 0.29) is 6.10 Å². The van der Waals surface area contributed by atoms with Crippen molar-refractivity contribution in [3.8, 4) is 0 Å². The lowest BCUT2D eigenvalue weighted by molar-refractivity contribution is 0.112. The zero-order valence-electron chi connectivity index (χ0n) is 12.4. The Morgan fingerprint density at radius 2 is 2.10 bits per heavy atom. The summed E-state index contributed by atoms with van der Waals surface area (Å²) in [6.45, 7) is 6.59. The Hall–Kier alpha value is -0.753. The molecule has 1 unspecified atom stereocenters. The van der Waals surface area contributed by atoms with E-state index in [1.54, 1.807) is 0 Å². The molecule has 0 aliphatic heterocycles. The molecule has 2 rings (SSSR count). The van der Waals surface area contributed by atoms with Crippen molar-refractivity contribution in [1.82, 2.24) is 0 Å². The highest BCUT2D eigenvalue weighted by Crippen LogP contribution is 2.29. The fourth-order valence-corrected chi connectivity index (χ4v) is 4.36. The Balaban J connectivity index is 2.25. The van der Waals surface area contributed by atoms with Gasteiger partial charge in [0.05, 0.1) is 11.0 Å². The van der Waals surface area contributed by atoms with E-state index in [0.717, 1.165) is 27.6 Å². The second-order valence-corrected chi connectivity index (χ2v) is 12.3. The van der Waals surface area contributed by atoms with E-state index >= 15 is 0 Å². The van der Waals surface area contributed by atoms with Crippen LogP contribution in [-0.2, 0) is 10.8 Å². The van der Waals surface area contributed by atoms with Gasteiger partial charge < -0.3 is 4.43 Å². The van der Waals surface area contributed by atoms with Crippen LogP contribution in [0.3, 0.4) is 0 Å². The summed E-state index contributed by atoms with van der Waals surface area (Å²) in [6, 6.07) is 10.2. The van der Waals surface area contributed by atoms with Gasteiger partial charge in [0, 0.05) is 10.9 Å². The molecule has 2 aromatic rings. The molecule has 0 aliphatic carbocycles. The molecule has 2 nitrogen and oxygen atoms in total. The van der Waals surface area contributed by atoms with Gasteiger partial charge >= 0.3 is 0 Å². The SMILES string of the molecule is C[Si](C)(C)OC(Cc1csc(C=O)c1)c1cccc(Br)c1. The highest BCUT2D eigenvalue weighted by atomic mass is 79.9. The molecule has 0 amide bonds. The molecule has 1 aromatic carbocycles. The third kappa shape index (κ3) is 5.18. The van der Waals surface area contributed by atoms with Crippen LogP contribution in [0.2, 0.25) is 19.6 Å². The van der Waals surface area contributed by atoms with Crippen molar-refractivity contribution in [3.05, 3.63) is 56.2 Å². The second kappa shape index (κ2) is 7.00. The van der Waals surface area contributed by atoms with Crippen LogP contribution in [0, 0.1) is 0 Å². The fourth-order valence-electron chi connectivity index (χ4n) is 2.14. The molecule has 0 N–H and O–H groups in total. The Morgan fingerprint density at radius 3 is 2.67 bits per heavy atom. The smallest absolute Gasteiger partial charge is 0.184 e. The van der Waals surface area contributed by atoms with Crippen LogP contribution in [0.5, 0.6) is 0 Å². The monoisotopic (exact) mass is 382 g/mol. The van der Waals surface area contributed by atoms with Gasteiger partial charge in [0.2, 0.25) is 0 Å². The van der Waals surface area contributed by atoms with Crippen LogP contribution in [-0.4, -0.2) is 14.6 Å². The van der Waals surface area contributed by atoms with Crippen LogP contribution in [0.25, 0.3) is 0 Å². The Bertz CT molecular complexity index is 619. The predicted octanol–water partition coefficient (Wildman–Crippen LogP) is 5.46. The van der Waals surface area contributed by atoms with Crippen molar-refractivity contribution < 1.29 is 9.22 Å². The zero-order chi connectivity index (χ0) is 15.5. The third-order valence-electron chi connectivity index (χ3n) is 2.93. The summed E-state index contributed by atoms with van der Waals surface area (Å²) in [5.74, 6) is 0. The number of halogens is 1. The molecular weight excluding hydrogens is 364 g/mol. The maximum absolute atomic E-state index is 10.8. The maximum atomic E-state index is 10.8. The highest BCUT2D eigenvalue weighted by molar-refractivity contribution is 9.10. The van der Waals surface area contributed by atoms with Gasteiger partial charge in [0.25, 0.3) is 0 Å². The zero-order valence-corrected chi connectivity index (χ0v) is 15.8. The number of carbonyl (C=O) groups excluding carboxylic acids is 1. The van der Waals surface area contributed by atoms with Crippen molar-refractivity contribution in [1.29, 1.82) is 0 Å². The number of thiophene rings is 1. The minimum absolute atomic E-state index is 0.0308. The van der Waals surface area contributed by atoms with Gasteiger partial charge in [-0.25, -0.2) is 0 Å². The van der Waals surface area contributed by atoms with Gasteiger partial charge in [0.15, 0.2) is 14.6 Å². The summed E-state index contributed by atoms with van der Waals surface area (Å²) in [5.41, 5.74) is 2.33. The maximum Gasteiger partial charge on any atom is 0.184 e. The molecule has 0 bridgehead atoms.